The molecule has 2 N–H and O–H groups in total. The smallest absolute Gasteiger partial charge is 0.0642 e. The number of aliphatic hydroxyl groups excluding tert-OH is 2. The number of hydrogen-bond donors (Lipinski definition) is 2. The van der Waals surface area contributed by atoms with Gasteiger partial charge in [-0.3, -0.25) is 0 Å². The van der Waals surface area contributed by atoms with Crippen LogP contribution in [0.15, 0.2) is 12.2 Å². The highest BCUT2D eigenvalue weighted by Crippen LogP contribution is 2.54. The van der Waals surface area contributed by atoms with Crippen molar-refractivity contribution < 1.29 is 10.2 Å². The topological polar surface area (TPSA) is 40.5 Å². The summed E-state index contributed by atoms with van der Waals surface area (Å²) in [6.07, 6.45) is 3.11. The summed E-state index contributed by atoms with van der Waals surface area (Å²) < 4.78 is 0. The molecule has 2 heteroatoms. The van der Waals surface area contributed by atoms with Crippen molar-refractivity contribution in [2.45, 2.75) is 58.7 Å². The summed E-state index contributed by atoms with van der Waals surface area (Å²) in [7, 11) is 0. The van der Waals surface area contributed by atoms with Crippen LogP contribution in [0.5, 0.6) is 0 Å². The van der Waals surface area contributed by atoms with Crippen molar-refractivity contribution in [3.8, 4) is 0 Å². The van der Waals surface area contributed by atoms with Crippen LogP contribution in [0.4, 0.5) is 0 Å². The summed E-state index contributed by atoms with van der Waals surface area (Å²) in [5.41, 5.74) is 0.996. The minimum Gasteiger partial charge on any atom is -0.393 e. The van der Waals surface area contributed by atoms with Gasteiger partial charge in [-0.05, 0) is 37.5 Å². The monoisotopic (exact) mass is 238 g/mol. The Kier molecular flexibility index (Phi) is 3.39. The van der Waals surface area contributed by atoms with E-state index in [4.69, 9.17) is 0 Å². The van der Waals surface area contributed by atoms with Gasteiger partial charge in [-0.1, -0.05) is 32.9 Å². The van der Waals surface area contributed by atoms with Crippen molar-refractivity contribution in [2.75, 3.05) is 0 Å². The third-order valence-electron chi connectivity index (χ3n) is 5.30. The van der Waals surface area contributed by atoms with E-state index >= 15 is 0 Å². The van der Waals surface area contributed by atoms with Crippen LogP contribution < -0.4 is 0 Å². The first-order chi connectivity index (χ1) is 7.88. The van der Waals surface area contributed by atoms with Gasteiger partial charge in [-0.15, -0.1) is 0 Å². The fraction of sp³-hybridized carbons (Fsp3) is 0.867. The lowest BCUT2D eigenvalue weighted by Crippen LogP contribution is -2.54. The fourth-order valence-corrected chi connectivity index (χ4v) is 4.06. The van der Waals surface area contributed by atoms with Gasteiger partial charge < -0.3 is 10.2 Å². The summed E-state index contributed by atoms with van der Waals surface area (Å²) in [6.45, 7) is 10.6. The predicted molar refractivity (Wildman–Crippen MR) is 69.5 cm³/mol. The molecule has 0 aliphatic heterocycles. The number of fused-ring (bicyclic) bond motifs is 1. The first kappa shape index (κ1) is 13.1. The highest BCUT2D eigenvalue weighted by Gasteiger charge is 2.52. The van der Waals surface area contributed by atoms with Gasteiger partial charge in [0.1, 0.15) is 0 Å². The third kappa shape index (κ3) is 1.96. The Labute approximate surface area is 105 Å². The van der Waals surface area contributed by atoms with Crippen LogP contribution >= 0.6 is 0 Å². The molecule has 98 valence electrons. The molecule has 2 saturated carbocycles. The highest BCUT2D eigenvalue weighted by molar-refractivity contribution is 5.17. The molecule has 0 amide bonds. The molecule has 0 aromatic rings. The fourth-order valence-electron chi connectivity index (χ4n) is 4.06. The van der Waals surface area contributed by atoms with Gasteiger partial charge >= 0.3 is 0 Å². The summed E-state index contributed by atoms with van der Waals surface area (Å²) in [5.74, 6) is 0.948. The van der Waals surface area contributed by atoms with E-state index in [1.165, 1.54) is 0 Å². The molecule has 2 nitrogen and oxygen atoms in total. The molecule has 0 bridgehead atoms. The predicted octanol–water partition coefficient (Wildman–Crippen LogP) is 2.75. The van der Waals surface area contributed by atoms with Crippen LogP contribution in [0.2, 0.25) is 0 Å². The zero-order chi connectivity index (χ0) is 12.8. The first-order valence-electron chi connectivity index (χ1n) is 6.91. The second-order valence-corrected chi connectivity index (χ2v) is 6.63. The summed E-state index contributed by atoms with van der Waals surface area (Å²) in [5, 5.41) is 20.9. The molecular formula is C15H26O2. The molecule has 0 heterocycles. The Morgan fingerprint density at radius 1 is 1.29 bits per heavy atom. The molecular weight excluding hydrogens is 212 g/mol. The summed E-state index contributed by atoms with van der Waals surface area (Å²) in [4.78, 5) is 0. The second-order valence-electron chi connectivity index (χ2n) is 6.63. The number of hydrogen-bond acceptors (Lipinski definition) is 2. The molecule has 2 aliphatic carbocycles. The third-order valence-corrected chi connectivity index (χ3v) is 5.30. The second kappa shape index (κ2) is 4.40. The van der Waals surface area contributed by atoms with E-state index in [0.717, 1.165) is 31.3 Å². The van der Waals surface area contributed by atoms with E-state index in [9.17, 15) is 10.2 Å². The van der Waals surface area contributed by atoms with Crippen LogP contribution in [-0.4, -0.2) is 22.4 Å². The largest absolute Gasteiger partial charge is 0.393 e. The maximum Gasteiger partial charge on any atom is 0.0642 e. The zero-order valence-electron chi connectivity index (χ0n) is 11.3. The maximum atomic E-state index is 10.6. The average molecular weight is 238 g/mol. The standard InChI is InChI=1S/C15H26O2/c1-9(2)11-7-8-15(4)12(16)6-5-10(3)13(15)14(11)17/h9,11-14,16-17H,3,5-8H2,1-2,4H3/t11-,12-,13-,14+,15+/m1/s1. The minimum atomic E-state index is -0.323. The van der Waals surface area contributed by atoms with Gasteiger partial charge in [-0.2, -0.15) is 0 Å². The van der Waals surface area contributed by atoms with Gasteiger partial charge in [0.2, 0.25) is 0 Å². The SMILES string of the molecule is C=C1CC[C@@H](O)[C@]2(C)CC[C@H](C(C)C)[C@H](O)[C@@H]12. The molecule has 5 atom stereocenters. The van der Waals surface area contributed by atoms with E-state index in [1.807, 2.05) is 0 Å². The molecule has 0 aromatic carbocycles. The van der Waals surface area contributed by atoms with Gasteiger partial charge in [0.15, 0.2) is 0 Å². The van der Waals surface area contributed by atoms with Crippen molar-refractivity contribution in [1.29, 1.82) is 0 Å². The Hall–Kier alpha value is -0.340. The van der Waals surface area contributed by atoms with E-state index in [-0.39, 0.29) is 23.5 Å². The molecule has 0 unspecified atom stereocenters. The minimum absolute atomic E-state index is 0.0902. The van der Waals surface area contributed by atoms with Crippen molar-refractivity contribution in [3.05, 3.63) is 12.2 Å². The summed E-state index contributed by atoms with van der Waals surface area (Å²) in [6, 6.07) is 0. The van der Waals surface area contributed by atoms with E-state index < -0.39 is 0 Å². The van der Waals surface area contributed by atoms with Crippen LogP contribution in [0.3, 0.4) is 0 Å². The Balaban J connectivity index is 2.29. The van der Waals surface area contributed by atoms with Crippen LogP contribution in [-0.2, 0) is 0 Å². The van der Waals surface area contributed by atoms with Crippen LogP contribution in [0, 0.1) is 23.2 Å². The zero-order valence-corrected chi connectivity index (χ0v) is 11.3. The van der Waals surface area contributed by atoms with Crippen molar-refractivity contribution in [3.63, 3.8) is 0 Å². The first-order valence-corrected chi connectivity index (χ1v) is 6.91. The average Bonchev–Trinajstić information content (AvgIpc) is 2.23. The van der Waals surface area contributed by atoms with E-state index in [1.54, 1.807) is 0 Å². The van der Waals surface area contributed by atoms with Gasteiger partial charge in [0.05, 0.1) is 12.2 Å². The van der Waals surface area contributed by atoms with E-state index in [2.05, 4.69) is 27.4 Å². The van der Waals surface area contributed by atoms with Gasteiger partial charge in [0, 0.05) is 11.3 Å². The molecule has 2 fully saturated rings. The maximum absolute atomic E-state index is 10.6. The lowest BCUT2D eigenvalue weighted by Gasteiger charge is -2.54. The normalized spacial score (nSPS) is 47.1. The lowest BCUT2D eigenvalue weighted by molar-refractivity contribution is -0.120. The molecule has 2 rings (SSSR count). The Morgan fingerprint density at radius 3 is 2.53 bits per heavy atom. The molecule has 0 radical (unpaired) electrons. The van der Waals surface area contributed by atoms with Crippen molar-refractivity contribution >= 4 is 0 Å². The molecule has 0 saturated heterocycles. The van der Waals surface area contributed by atoms with Gasteiger partial charge in [0.25, 0.3) is 0 Å². The van der Waals surface area contributed by atoms with Crippen LogP contribution in [0.1, 0.15) is 46.5 Å². The number of aliphatic hydroxyl groups is 2. The Morgan fingerprint density at radius 2 is 1.94 bits per heavy atom. The molecule has 2 aliphatic rings. The number of rotatable bonds is 1. The quantitative estimate of drug-likeness (QED) is 0.690. The van der Waals surface area contributed by atoms with Crippen molar-refractivity contribution in [1.82, 2.24) is 0 Å². The van der Waals surface area contributed by atoms with Crippen LogP contribution in [0.25, 0.3) is 0 Å². The molecule has 17 heavy (non-hydrogen) atoms. The lowest BCUT2D eigenvalue weighted by atomic mass is 9.53. The molecule has 0 aromatic heterocycles. The Bertz CT molecular complexity index is 310. The van der Waals surface area contributed by atoms with Crippen molar-refractivity contribution in [2.24, 2.45) is 23.2 Å². The summed E-state index contributed by atoms with van der Waals surface area (Å²) >= 11 is 0. The molecule has 0 spiro atoms. The van der Waals surface area contributed by atoms with E-state index in [0.29, 0.717) is 11.8 Å². The highest BCUT2D eigenvalue weighted by atomic mass is 16.3. The van der Waals surface area contributed by atoms with Gasteiger partial charge in [-0.25, -0.2) is 0 Å².